The lowest BCUT2D eigenvalue weighted by molar-refractivity contribution is 0.631. The van der Waals surface area contributed by atoms with Crippen molar-refractivity contribution in [3.63, 3.8) is 0 Å². The van der Waals surface area contributed by atoms with Gasteiger partial charge in [0.2, 0.25) is 0 Å². The molecule has 2 aromatic heterocycles. The van der Waals surface area contributed by atoms with Crippen molar-refractivity contribution in [3.8, 4) is 11.3 Å². The normalized spacial score (nSPS) is 10.8. The summed E-state index contributed by atoms with van der Waals surface area (Å²) in [6, 6.07) is 11.9. The molecular weight excluding hydrogens is 292 g/mol. The number of hydrogen-bond donors (Lipinski definition) is 1. The van der Waals surface area contributed by atoms with E-state index in [0.717, 1.165) is 32.6 Å². The minimum atomic E-state index is 0.832. The molecule has 0 bridgehead atoms. The third-order valence-corrected chi connectivity index (χ3v) is 3.28. The summed E-state index contributed by atoms with van der Waals surface area (Å²) >= 11 is 3.45. The fourth-order valence-corrected chi connectivity index (χ4v) is 2.22. The summed E-state index contributed by atoms with van der Waals surface area (Å²) < 4.78 is 6.85. The van der Waals surface area contributed by atoms with Gasteiger partial charge in [-0.3, -0.25) is 0 Å². The Labute approximate surface area is 113 Å². The zero-order chi connectivity index (χ0) is 12.5. The van der Waals surface area contributed by atoms with Crippen LogP contribution in [0.1, 0.15) is 0 Å². The maximum atomic E-state index is 5.80. The molecule has 0 fully saturated rings. The zero-order valence-electron chi connectivity index (χ0n) is 9.77. The molecule has 3 rings (SSSR count). The Morgan fingerprint density at radius 2 is 2.06 bits per heavy atom. The van der Waals surface area contributed by atoms with Crippen molar-refractivity contribution in [2.24, 2.45) is 0 Å². The molecule has 2 heterocycles. The Hall–Kier alpha value is -1.81. The molecular formula is C14H11BrN2O. The van der Waals surface area contributed by atoms with Gasteiger partial charge in [0.25, 0.3) is 0 Å². The first kappa shape index (κ1) is 11.3. The third-order valence-electron chi connectivity index (χ3n) is 2.78. The van der Waals surface area contributed by atoms with E-state index in [1.54, 1.807) is 6.20 Å². The predicted molar refractivity (Wildman–Crippen MR) is 76.7 cm³/mol. The van der Waals surface area contributed by atoms with Gasteiger partial charge in [-0.2, -0.15) is 0 Å². The molecule has 0 spiro atoms. The second-order valence-electron chi connectivity index (χ2n) is 3.97. The fourth-order valence-electron chi connectivity index (χ4n) is 1.84. The molecule has 0 unspecified atom stereocenters. The van der Waals surface area contributed by atoms with E-state index in [1.807, 2.05) is 43.4 Å². The number of nitrogens with zero attached hydrogens (tertiary/aromatic N) is 1. The van der Waals surface area contributed by atoms with E-state index in [2.05, 4.69) is 26.2 Å². The number of fused-ring (bicyclic) bond motifs is 1. The van der Waals surface area contributed by atoms with Crippen LogP contribution in [-0.2, 0) is 0 Å². The monoisotopic (exact) mass is 302 g/mol. The quantitative estimate of drug-likeness (QED) is 0.767. The van der Waals surface area contributed by atoms with Crippen LogP contribution < -0.4 is 5.32 Å². The number of pyridine rings is 1. The van der Waals surface area contributed by atoms with Crippen molar-refractivity contribution in [1.29, 1.82) is 0 Å². The summed E-state index contributed by atoms with van der Waals surface area (Å²) in [5, 5.41) is 4.07. The Morgan fingerprint density at radius 3 is 2.78 bits per heavy atom. The van der Waals surface area contributed by atoms with Crippen LogP contribution in [0.4, 0.5) is 5.82 Å². The molecule has 0 saturated carbocycles. The molecule has 18 heavy (non-hydrogen) atoms. The van der Waals surface area contributed by atoms with Gasteiger partial charge in [-0.25, -0.2) is 4.98 Å². The van der Waals surface area contributed by atoms with Crippen molar-refractivity contribution in [2.75, 3.05) is 12.4 Å². The summed E-state index contributed by atoms with van der Waals surface area (Å²) in [6.45, 7) is 0. The van der Waals surface area contributed by atoms with Crippen LogP contribution in [0, 0.1) is 0 Å². The standard InChI is InChI=1S/C14H11BrN2O/c1-16-14-5-2-9(8-17-14)13-7-10-6-11(15)3-4-12(10)18-13/h2-8H,1H3,(H,16,17). The minimum absolute atomic E-state index is 0.832. The highest BCUT2D eigenvalue weighted by molar-refractivity contribution is 9.10. The van der Waals surface area contributed by atoms with Gasteiger partial charge in [0.15, 0.2) is 0 Å². The molecule has 4 heteroatoms. The molecule has 1 aromatic carbocycles. The summed E-state index contributed by atoms with van der Waals surface area (Å²) in [6.07, 6.45) is 1.80. The summed E-state index contributed by atoms with van der Waals surface area (Å²) in [7, 11) is 1.85. The molecule has 90 valence electrons. The SMILES string of the molecule is CNc1ccc(-c2cc3cc(Br)ccc3o2)cn1. The third kappa shape index (κ3) is 1.99. The highest BCUT2D eigenvalue weighted by atomic mass is 79.9. The Kier molecular flexibility index (Phi) is 2.80. The van der Waals surface area contributed by atoms with Crippen LogP contribution in [-0.4, -0.2) is 12.0 Å². The van der Waals surface area contributed by atoms with Gasteiger partial charge >= 0.3 is 0 Å². The number of furan rings is 1. The molecule has 3 nitrogen and oxygen atoms in total. The molecule has 0 aliphatic rings. The highest BCUT2D eigenvalue weighted by Gasteiger charge is 2.06. The van der Waals surface area contributed by atoms with Gasteiger partial charge in [0.05, 0.1) is 0 Å². The molecule has 0 amide bonds. The van der Waals surface area contributed by atoms with Gasteiger partial charge in [0.1, 0.15) is 17.2 Å². The van der Waals surface area contributed by atoms with E-state index in [-0.39, 0.29) is 0 Å². The number of rotatable bonds is 2. The van der Waals surface area contributed by atoms with Gasteiger partial charge in [-0.05, 0) is 36.4 Å². The lowest BCUT2D eigenvalue weighted by Crippen LogP contribution is -1.90. The molecule has 0 aliphatic carbocycles. The number of halogens is 1. The smallest absolute Gasteiger partial charge is 0.136 e. The highest BCUT2D eigenvalue weighted by Crippen LogP contribution is 2.29. The first-order chi connectivity index (χ1) is 8.76. The predicted octanol–water partition coefficient (Wildman–Crippen LogP) is 4.30. The van der Waals surface area contributed by atoms with Gasteiger partial charge in [-0.1, -0.05) is 15.9 Å². The van der Waals surface area contributed by atoms with E-state index < -0.39 is 0 Å². The van der Waals surface area contributed by atoms with Crippen LogP contribution in [0.3, 0.4) is 0 Å². The van der Waals surface area contributed by atoms with Crippen LogP contribution in [0.15, 0.2) is 51.5 Å². The maximum absolute atomic E-state index is 5.80. The molecule has 1 N–H and O–H groups in total. The number of benzene rings is 1. The van der Waals surface area contributed by atoms with E-state index in [4.69, 9.17) is 4.42 Å². The van der Waals surface area contributed by atoms with Crippen LogP contribution in [0.25, 0.3) is 22.3 Å². The van der Waals surface area contributed by atoms with Crippen molar-refractivity contribution in [3.05, 3.63) is 47.1 Å². The van der Waals surface area contributed by atoms with Crippen molar-refractivity contribution >= 4 is 32.7 Å². The lowest BCUT2D eigenvalue weighted by atomic mass is 10.2. The lowest BCUT2D eigenvalue weighted by Gasteiger charge is -1.99. The maximum Gasteiger partial charge on any atom is 0.136 e. The second kappa shape index (κ2) is 4.46. The van der Waals surface area contributed by atoms with E-state index >= 15 is 0 Å². The average molecular weight is 303 g/mol. The Bertz CT molecular complexity index is 689. The van der Waals surface area contributed by atoms with Crippen LogP contribution in [0.5, 0.6) is 0 Å². The number of nitrogens with one attached hydrogen (secondary N) is 1. The minimum Gasteiger partial charge on any atom is -0.456 e. The summed E-state index contributed by atoms with van der Waals surface area (Å²) in [5.74, 6) is 1.68. The van der Waals surface area contributed by atoms with Gasteiger partial charge in [0, 0.05) is 28.7 Å². The molecule has 3 aromatic rings. The molecule has 0 atom stereocenters. The molecule has 0 radical (unpaired) electrons. The van der Waals surface area contributed by atoms with E-state index in [0.29, 0.717) is 0 Å². The number of aromatic nitrogens is 1. The summed E-state index contributed by atoms with van der Waals surface area (Å²) in [4.78, 5) is 4.28. The summed E-state index contributed by atoms with van der Waals surface area (Å²) in [5.41, 5.74) is 1.85. The average Bonchev–Trinajstić information content (AvgIpc) is 2.81. The largest absolute Gasteiger partial charge is 0.456 e. The molecule has 0 aliphatic heterocycles. The topological polar surface area (TPSA) is 38.1 Å². The van der Waals surface area contributed by atoms with Crippen molar-refractivity contribution in [2.45, 2.75) is 0 Å². The van der Waals surface area contributed by atoms with Crippen LogP contribution >= 0.6 is 15.9 Å². The zero-order valence-corrected chi connectivity index (χ0v) is 11.4. The van der Waals surface area contributed by atoms with Crippen molar-refractivity contribution in [1.82, 2.24) is 4.98 Å². The fraction of sp³-hybridized carbons (Fsp3) is 0.0714. The number of anilines is 1. The number of hydrogen-bond acceptors (Lipinski definition) is 3. The van der Waals surface area contributed by atoms with Gasteiger partial charge < -0.3 is 9.73 Å². The van der Waals surface area contributed by atoms with Crippen LogP contribution in [0.2, 0.25) is 0 Å². The van der Waals surface area contributed by atoms with Crippen molar-refractivity contribution < 1.29 is 4.42 Å². The second-order valence-corrected chi connectivity index (χ2v) is 4.89. The first-order valence-corrected chi connectivity index (χ1v) is 6.39. The van der Waals surface area contributed by atoms with E-state index in [1.165, 1.54) is 0 Å². The van der Waals surface area contributed by atoms with E-state index in [9.17, 15) is 0 Å². The Balaban J connectivity index is 2.07. The molecule has 0 saturated heterocycles. The van der Waals surface area contributed by atoms with Gasteiger partial charge in [-0.15, -0.1) is 0 Å². The first-order valence-electron chi connectivity index (χ1n) is 5.59. The Morgan fingerprint density at radius 1 is 1.17 bits per heavy atom.